The van der Waals surface area contributed by atoms with Crippen LogP contribution in [0.3, 0.4) is 0 Å². The molecule has 25 heavy (non-hydrogen) atoms. The van der Waals surface area contributed by atoms with E-state index < -0.39 is 44.9 Å². The second kappa shape index (κ2) is 6.66. The molecule has 2 aliphatic heterocycles. The summed E-state index contributed by atoms with van der Waals surface area (Å²) in [6.45, 7) is -2.11. The van der Waals surface area contributed by atoms with Gasteiger partial charge < -0.3 is 19.6 Å². The highest BCUT2D eigenvalue weighted by molar-refractivity contribution is 5.70. The normalized spacial score (nSPS) is 33.8. The van der Waals surface area contributed by atoms with Crippen molar-refractivity contribution < 1.29 is 15.1 Å². The van der Waals surface area contributed by atoms with Gasteiger partial charge in [0.1, 0.15) is 12.3 Å². The van der Waals surface area contributed by atoms with Gasteiger partial charge in [0.25, 0.3) is 0 Å². The van der Waals surface area contributed by atoms with Crippen LogP contribution in [0.2, 0.25) is 0 Å². The monoisotopic (exact) mass is 351 g/mol. The summed E-state index contributed by atoms with van der Waals surface area (Å²) in [4.78, 5) is 6.06. The Kier molecular flexibility index (Phi) is 2.27. The van der Waals surface area contributed by atoms with Crippen LogP contribution in [0.15, 0.2) is 43.0 Å². The molecule has 3 atom stereocenters. The molecule has 1 unspecified atom stereocenters. The summed E-state index contributed by atoms with van der Waals surface area (Å²) >= 11 is 0. The van der Waals surface area contributed by atoms with Gasteiger partial charge in [-0.2, -0.15) is 0 Å². The number of nitrogens with zero attached hydrogens (tertiary/aromatic N) is 4. The van der Waals surface area contributed by atoms with Gasteiger partial charge in [-0.1, -0.05) is 6.07 Å². The van der Waals surface area contributed by atoms with Gasteiger partial charge in [-0.3, -0.25) is 0 Å². The van der Waals surface area contributed by atoms with Gasteiger partial charge in [-0.25, -0.2) is 0 Å². The Morgan fingerprint density at radius 3 is 1.84 bits per heavy atom. The maximum atomic E-state index is 8.53. The summed E-state index contributed by atoms with van der Waals surface area (Å²) in [5.41, 5.74) is 2.18. The summed E-state index contributed by atoms with van der Waals surface area (Å²) in [5, 5.41) is 0. The first kappa shape index (κ1) is 8.52. The van der Waals surface area contributed by atoms with Gasteiger partial charge in [0.05, 0.1) is 2.74 Å². The van der Waals surface area contributed by atoms with Gasteiger partial charge >= 0.3 is 0 Å². The molecule has 3 rings (SSSR count). The fourth-order valence-corrected chi connectivity index (χ4v) is 3.44. The third-order valence-corrected chi connectivity index (χ3v) is 4.86. The molecule has 2 heterocycles. The van der Waals surface area contributed by atoms with Crippen LogP contribution in [0.4, 0.5) is 11.4 Å². The van der Waals surface area contributed by atoms with Crippen LogP contribution in [0.25, 0.3) is 0 Å². The molecule has 0 amide bonds. The van der Waals surface area contributed by atoms with Crippen molar-refractivity contribution in [3.8, 4) is 0 Å². The SMILES string of the molecule is [2H]C([2H])([2H])C([2H])(C)N1C=CN(c2cccc(N3C=CN(C([2H])(C([2H])([2H])[2H])C([2H])([2H])[2H])[C@H]3C)c2C)[C@H]1C. The third kappa shape index (κ3) is 2.99. The lowest BCUT2D eigenvalue weighted by atomic mass is 10.1. The van der Waals surface area contributed by atoms with E-state index in [1.807, 2.05) is 17.9 Å². The summed E-state index contributed by atoms with van der Waals surface area (Å²) in [5.74, 6) is 0. The van der Waals surface area contributed by atoms with Gasteiger partial charge in [0, 0.05) is 60.5 Å². The smallest absolute Gasteiger partial charge is 0.103 e. The lowest BCUT2D eigenvalue weighted by Crippen LogP contribution is -2.41. The van der Waals surface area contributed by atoms with E-state index in [2.05, 4.69) is 0 Å². The van der Waals surface area contributed by atoms with Crippen LogP contribution >= 0.6 is 0 Å². The van der Waals surface area contributed by atoms with E-state index in [0.29, 0.717) is 5.69 Å². The van der Waals surface area contributed by atoms with Crippen molar-refractivity contribution in [3.05, 3.63) is 48.6 Å². The average molecular weight is 352 g/mol. The van der Waals surface area contributed by atoms with Crippen molar-refractivity contribution in [1.29, 1.82) is 0 Å². The highest BCUT2D eigenvalue weighted by atomic mass is 15.4. The molecule has 4 heteroatoms. The summed E-state index contributed by atoms with van der Waals surface area (Å²) in [6.07, 6.45) is 4.91. The van der Waals surface area contributed by atoms with Crippen molar-refractivity contribution in [2.24, 2.45) is 0 Å². The molecule has 1 aromatic rings. The van der Waals surface area contributed by atoms with Crippen molar-refractivity contribution in [2.75, 3.05) is 9.80 Å². The summed E-state index contributed by atoms with van der Waals surface area (Å²) in [6, 6.07) is 0.740. The molecule has 0 saturated heterocycles. The Morgan fingerprint density at radius 1 is 0.880 bits per heavy atom. The van der Waals surface area contributed by atoms with Crippen molar-refractivity contribution >= 4 is 11.4 Å². The lowest BCUT2D eigenvalue weighted by molar-refractivity contribution is 0.263. The Balaban J connectivity index is 1.95. The van der Waals surface area contributed by atoms with Crippen LogP contribution < -0.4 is 9.80 Å². The molecule has 1 aromatic carbocycles. The minimum atomic E-state index is -3.10. The first-order valence-electron chi connectivity index (χ1n) is 13.8. The molecule has 0 radical (unpaired) electrons. The second-order valence-corrected chi connectivity index (χ2v) is 6.34. The van der Waals surface area contributed by atoms with E-state index >= 15 is 0 Å². The van der Waals surface area contributed by atoms with E-state index in [0.717, 1.165) is 16.2 Å². The number of anilines is 2. The maximum absolute atomic E-state index is 8.53. The molecular formula is C21H32N4. The molecule has 0 bridgehead atoms. The van der Waals surface area contributed by atoms with Gasteiger partial charge in [0.2, 0.25) is 0 Å². The minimum absolute atomic E-state index is 0.475. The third-order valence-electron chi connectivity index (χ3n) is 4.86. The lowest BCUT2D eigenvalue weighted by Gasteiger charge is -2.36. The highest BCUT2D eigenvalue weighted by Crippen LogP contribution is 2.36. The highest BCUT2D eigenvalue weighted by Gasteiger charge is 2.29. The standard InChI is InChI=1S/C21H32N4/c1-15(2)22-11-13-24(18(22)6)20-9-8-10-21(17(20)5)25-14-12-23(16(3)4)19(25)7/h8-16,18-19H,1-7H3/t18-,19+/i1D3,2D3,3D3,15D,16D/t16?,18-,19+/m1/s1. The van der Waals surface area contributed by atoms with E-state index in [1.165, 1.54) is 18.0 Å². The fourth-order valence-electron chi connectivity index (χ4n) is 3.44. The Labute approximate surface area is 168 Å². The zero-order valence-corrected chi connectivity index (χ0v) is 15.0. The first-order valence-corrected chi connectivity index (χ1v) is 8.28. The molecule has 136 valence electrons. The van der Waals surface area contributed by atoms with Crippen molar-refractivity contribution in [3.63, 3.8) is 0 Å². The molecule has 2 aliphatic rings. The predicted octanol–water partition coefficient (Wildman–Crippen LogP) is 4.69. The number of benzene rings is 1. The van der Waals surface area contributed by atoms with Crippen LogP contribution in [0.1, 0.15) is 62.0 Å². The van der Waals surface area contributed by atoms with Crippen LogP contribution in [-0.2, 0) is 0 Å². The van der Waals surface area contributed by atoms with Crippen molar-refractivity contribution in [1.82, 2.24) is 9.80 Å². The van der Waals surface area contributed by atoms with E-state index in [1.54, 1.807) is 49.5 Å². The van der Waals surface area contributed by atoms with E-state index in [9.17, 15) is 0 Å². The average Bonchev–Trinajstić information content (AvgIpc) is 3.28. The fraction of sp³-hybridized carbons (Fsp3) is 0.524. The first-order chi connectivity index (χ1) is 16.2. The number of rotatable bonds is 4. The molecule has 0 fully saturated rings. The zero-order valence-electron chi connectivity index (χ0n) is 26.0. The Morgan fingerprint density at radius 2 is 1.36 bits per heavy atom. The molecule has 4 nitrogen and oxygen atoms in total. The molecule has 0 aromatic heterocycles. The molecule has 0 saturated carbocycles. The van der Waals surface area contributed by atoms with Crippen LogP contribution in [-0.4, -0.2) is 34.2 Å². The van der Waals surface area contributed by atoms with Crippen LogP contribution in [0, 0.1) is 6.92 Å². The Bertz CT molecular complexity index is 1030. The maximum Gasteiger partial charge on any atom is 0.103 e. The van der Waals surface area contributed by atoms with Gasteiger partial charge in [-0.15, -0.1) is 0 Å². The van der Waals surface area contributed by atoms with E-state index in [-0.39, 0.29) is 0 Å². The topological polar surface area (TPSA) is 13.0 Å². The minimum Gasteiger partial charge on any atom is -0.353 e. The molecule has 0 aliphatic carbocycles. The van der Waals surface area contributed by atoms with Gasteiger partial charge in [-0.05, 0) is 65.9 Å². The van der Waals surface area contributed by atoms with E-state index in [4.69, 9.17) is 15.1 Å². The predicted molar refractivity (Wildman–Crippen MR) is 107 cm³/mol. The summed E-state index contributed by atoms with van der Waals surface area (Å²) in [7, 11) is 0. The molecular weight excluding hydrogens is 308 g/mol. The largest absolute Gasteiger partial charge is 0.353 e. The quantitative estimate of drug-likeness (QED) is 0.780. The Hall–Kier alpha value is -2.10. The zero-order chi connectivity index (χ0) is 27.6. The van der Waals surface area contributed by atoms with Crippen molar-refractivity contribution in [2.45, 2.75) is 72.6 Å². The van der Waals surface area contributed by atoms with Crippen LogP contribution in [0.5, 0.6) is 0 Å². The number of hydrogen-bond acceptors (Lipinski definition) is 4. The number of hydrogen-bond donors (Lipinski definition) is 0. The molecule has 0 N–H and O–H groups in total. The molecule has 0 spiro atoms. The van der Waals surface area contributed by atoms with Gasteiger partial charge in [0.15, 0.2) is 0 Å². The second-order valence-electron chi connectivity index (χ2n) is 6.34. The summed E-state index contributed by atoms with van der Waals surface area (Å²) < 4.78 is 87.1.